The monoisotopic (exact) mass is 1080 g/mol. The number of methoxy groups -OCH3 is 1. The molecule has 19 atom stereocenters. The van der Waals surface area contributed by atoms with E-state index < -0.39 is 125 Å². The fourth-order valence-electron chi connectivity index (χ4n) is 13.0. The van der Waals surface area contributed by atoms with Crippen LogP contribution in [0.1, 0.15) is 105 Å². The molecule has 22 heteroatoms. The predicted octanol–water partition coefficient (Wildman–Crippen LogP) is 4.52. The van der Waals surface area contributed by atoms with Gasteiger partial charge in [-0.15, -0.1) is 5.10 Å². The second kappa shape index (κ2) is 22.6. The van der Waals surface area contributed by atoms with E-state index in [0.29, 0.717) is 51.0 Å². The molecule has 75 heavy (non-hydrogen) atoms. The first-order valence-electron chi connectivity index (χ1n) is 26.7. The zero-order valence-electron chi connectivity index (χ0n) is 45.7. The lowest BCUT2D eigenvalue weighted by Gasteiger charge is -2.49. The van der Waals surface area contributed by atoms with Crippen molar-refractivity contribution in [3.8, 4) is 0 Å². The molecule has 0 spiro atoms. The van der Waals surface area contributed by atoms with Crippen LogP contribution in [0.2, 0.25) is 0 Å². The predicted molar refractivity (Wildman–Crippen MR) is 271 cm³/mol. The maximum absolute atomic E-state index is 14.9. The lowest BCUT2D eigenvalue weighted by molar-refractivity contribution is -0.317. The van der Waals surface area contributed by atoms with Crippen LogP contribution in [-0.2, 0) is 65.4 Å². The summed E-state index contributed by atoms with van der Waals surface area (Å²) in [5.74, 6) is -2.72. The molecule has 0 aliphatic carbocycles. The molecule has 6 aliphatic rings. The number of ether oxygens (including phenoxy) is 8. The summed E-state index contributed by atoms with van der Waals surface area (Å²) in [5.41, 5.74) is -1.06. The summed E-state index contributed by atoms with van der Waals surface area (Å²) >= 11 is 0. The second-order valence-electron chi connectivity index (χ2n) is 22.8. The van der Waals surface area contributed by atoms with Gasteiger partial charge in [0.2, 0.25) is 0 Å². The number of likely N-dealkylation sites (N-methyl/N-ethyl adjacent to an activating group) is 1. The molecular formula is C53H81FN6O14S. The van der Waals surface area contributed by atoms with Crippen molar-refractivity contribution in [2.75, 3.05) is 53.3 Å². The summed E-state index contributed by atoms with van der Waals surface area (Å²) in [7, 11) is 0.0655. The quantitative estimate of drug-likeness (QED) is 0.234. The van der Waals surface area contributed by atoms with E-state index in [9.17, 15) is 32.6 Å². The number of carbonyl (C=O) groups is 2. The van der Waals surface area contributed by atoms with E-state index in [1.54, 1.807) is 44.0 Å². The molecule has 1 aromatic heterocycles. The van der Waals surface area contributed by atoms with Gasteiger partial charge < -0.3 is 53.0 Å². The number of sulfone groups is 1. The summed E-state index contributed by atoms with van der Waals surface area (Å²) < 4.78 is 92.4. The van der Waals surface area contributed by atoms with Gasteiger partial charge in [0.05, 0.1) is 77.4 Å². The molecule has 4 bridgehead atoms. The molecule has 6 aliphatic heterocycles. The number of hydrogen-bond acceptors (Lipinski definition) is 18. The minimum atomic E-state index is -3.37. The molecule has 420 valence electrons. The van der Waals surface area contributed by atoms with Crippen molar-refractivity contribution in [3.05, 3.63) is 41.7 Å². The Morgan fingerprint density at radius 2 is 1.73 bits per heavy atom. The van der Waals surface area contributed by atoms with Crippen LogP contribution in [0, 0.1) is 23.7 Å². The van der Waals surface area contributed by atoms with Gasteiger partial charge in [-0.1, -0.05) is 38.1 Å². The molecule has 0 saturated carbocycles. The summed E-state index contributed by atoms with van der Waals surface area (Å²) in [4.78, 5) is 37.7. The molecular weight excluding hydrogens is 996 g/mol. The van der Waals surface area contributed by atoms with E-state index in [2.05, 4.69) is 17.2 Å². The Hall–Kier alpha value is -3.71. The van der Waals surface area contributed by atoms with Crippen LogP contribution in [-0.4, -0.2) is 199 Å². The van der Waals surface area contributed by atoms with Gasteiger partial charge in [-0.3, -0.25) is 14.7 Å². The largest absolute Gasteiger partial charge is 0.458 e. The fourth-order valence-corrected chi connectivity index (χ4v) is 13.6. The Morgan fingerprint density at radius 1 is 1.01 bits per heavy atom. The minimum absolute atomic E-state index is 0.133. The average molecular weight is 1080 g/mol. The topological polar surface area (TPSA) is 232 Å². The van der Waals surface area contributed by atoms with E-state index >= 15 is 0 Å². The highest BCUT2D eigenvalue weighted by Crippen LogP contribution is 2.47. The van der Waals surface area contributed by atoms with Crippen molar-refractivity contribution in [1.82, 2.24) is 24.8 Å². The highest BCUT2D eigenvalue weighted by atomic mass is 32.2. The number of aliphatic hydroxyl groups excluding tert-OH is 2. The summed E-state index contributed by atoms with van der Waals surface area (Å²) in [6.45, 7) is 17.6. The lowest BCUT2D eigenvalue weighted by Crippen LogP contribution is -2.61. The zero-order valence-corrected chi connectivity index (χ0v) is 46.5. The zero-order chi connectivity index (χ0) is 54.5. The average Bonchev–Trinajstić information content (AvgIpc) is 4.04. The molecule has 20 nitrogen and oxygen atoms in total. The van der Waals surface area contributed by atoms with Gasteiger partial charge in [0, 0.05) is 75.0 Å². The van der Waals surface area contributed by atoms with Crippen LogP contribution >= 0.6 is 0 Å². The van der Waals surface area contributed by atoms with E-state index in [1.807, 2.05) is 46.6 Å². The summed E-state index contributed by atoms with van der Waals surface area (Å²) in [6.07, 6.45) is -3.50. The maximum atomic E-state index is 14.9. The molecule has 0 radical (unpaired) electrons. The maximum Gasteiger partial charge on any atom is 0.410 e. The molecule has 7 heterocycles. The van der Waals surface area contributed by atoms with Crippen molar-refractivity contribution in [2.45, 2.75) is 196 Å². The number of nitrogens with zero attached hydrogens (tertiary/aromatic N) is 6. The number of aromatic nitrogens is 3. The Balaban J connectivity index is 1.07. The summed E-state index contributed by atoms with van der Waals surface area (Å²) in [5, 5.41) is 32.2. The van der Waals surface area contributed by atoms with Gasteiger partial charge >= 0.3 is 12.1 Å². The van der Waals surface area contributed by atoms with E-state index in [1.165, 1.54) is 23.9 Å². The number of aliphatic imine (C=N–C) groups is 1. The number of aliphatic hydroxyl groups is 2. The highest BCUT2D eigenvalue weighted by Gasteiger charge is 2.62. The first-order valence-corrected chi connectivity index (χ1v) is 28.6. The fraction of sp³-hybridized carbons (Fsp3) is 0.792. The molecule has 1 amide bonds. The van der Waals surface area contributed by atoms with Gasteiger partial charge in [-0.25, -0.2) is 22.3 Å². The van der Waals surface area contributed by atoms with Crippen LogP contribution in [0.15, 0.2) is 40.4 Å². The van der Waals surface area contributed by atoms with Gasteiger partial charge in [0.1, 0.15) is 25.0 Å². The third-order valence-electron chi connectivity index (χ3n) is 17.4. The first-order chi connectivity index (χ1) is 35.3. The first kappa shape index (κ1) is 57.5. The normalized spacial score (nSPS) is 40.1. The number of rotatable bonds is 15. The molecule has 2 aromatic rings. The number of fused-ring (bicyclic) bond motifs is 4. The third kappa shape index (κ3) is 11.6. The van der Waals surface area contributed by atoms with Crippen molar-refractivity contribution in [2.24, 2.45) is 28.7 Å². The molecule has 0 unspecified atom stereocenters. The Morgan fingerprint density at radius 3 is 2.40 bits per heavy atom. The number of cyclic esters (lactones) is 1. The number of amides is 1. The Labute approximate surface area is 441 Å². The number of esters is 1. The molecule has 2 N–H and O–H groups in total. The number of halogens is 1. The van der Waals surface area contributed by atoms with Gasteiger partial charge in [0.15, 0.2) is 28.0 Å². The minimum Gasteiger partial charge on any atom is -0.458 e. The van der Waals surface area contributed by atoms with Crippen LogP contribution in [0.5, 0.6) is 0 Å². The smallest absolute Gasteiger partial charge is 0.410 e. The Bertz CT molecular complexity index is 2470. The van der Waals surface area contributed by atoms with Crippen LogP contribution in [0.4, 0.5) is 9.18 Å². The molecule has 5 saturated heterocycles. The van der Waals surface area contributed by atoms with Gasteiger partial charge in [0.25, 0.3) is 0 Å². The number of hydrogen-bond donors (Lipinski definition) is 2. The van der Waals surface area contributed by atoms with Crippen molar-refractivity contribution in [3.63, 3.8) is 0 Å². The van der Waals surface area contributed by atoms with Gasteiger partial charge in [-0.2, -0.15) is 0 Å². The van der Waals surface area contributed by atoms with Crippen LogP contribution in [0.25, 0.3) is 0 Å². The highest BCUT2D eigenvalue weighted by molar-refractivity contribution is 7.90. The molecule has 5 fully saturated rings. The van der Waals surface area contributed by atoms with Crippen molar-refractivity contribution >= 4 is 27.6 Å². The van der Waals surface area contributed by atoms with E-state index in [4.69, 9.17) is 42.9 Å². The number of carbonyl (C=O) groups excluding carboxylic acids is 2. The summed E-state index contributed by atoms with van der Waals surface area (Å²) in [6, 6.07) is 4.79. The van der Waals surface area contributed by atoms with Crippen LogP contribution < -0.4 is 0 Å². The van der Waals surface area contributed by atoms with Crippen LogP contribution in [0.3, 0.4) is 0 Å². The second-order valence-corrected chi connectivity index (χ2v) is 24.9. The Kier molecular flexibility index (Phi) is 17.3. The number of benzene rings is 1. The van der Waals surface area contributed by atoms with Gasteiger partial charge in [-0.05, 0) is 92.0 Å². The third-order valence-corrected chi connectivity index (χ3v) is 18.5. The van der Waals surface area contributed by atoms with E-state index in [0.717, 1.165) is 17.5 Å². The SMILES string of the molecule is CC[C@H]1OC(=O)[C@H](C)[C@@H](O[C@H]2C[C@@](C)(OC)[C@@H](O)[C@H](C)O2)[C@H](C)[C@@H](O[C@@H]2O[C@H](C)C[C@H](N(C)CCc3cn([C@H](CF)Cc4ccc(S(C)(=O)=O)cc4)nn3)[C@H]2O)[C@@]2(C)C[C@@H](CO2)C2=NCCN3C(=O)O[C@@]1(C)[C@H]3[C@H]2C. The van der Waals surface area contributed by atoms with E-state index in [-0.39, 0.29) is 42.3 Å². The number of alkyl halides is 1. The van der Waals surface area contributed by atoms with Crippen molar-refractivity contribution in [1.29, 1.82) is 0 Å². The standard InChI is InChI=1S/C53H81FN6O14S/c1-13-40-53(9)45-30(3)42(55-19-21-59(45)50(64)74-53)35-24-52(8,68-28-35)47(31(4)44(32(5)48(63)71-40)72-41-25-51(7,67-11)46(62)33(6)70-41)73-49-43(61)39(22-29(2)69-49)58(10)20-18-36-27-60(57-56-36)37(26-54)23-34-14-16-38(17-15-34)75(12,65)66/h14-17,27,29-33,35,37,39-41,43-47,49,61-62H,13,18-26,28H2,1-12H3/t29-,30+,31+,32-,33+,35+,37+,39+,40-,41+,43-,44+,45-,46+,47-,49+,51-,52-,53-/m1/s1. The lowest BCUT2D eigenvalue weighted by atomic mass is 9.74. The molecule has 8 rings (SSSR count). The van der Waals surface area contributed by atoms with Crippen molar-refractivity contribution < 1.29 is 70.5 Å². The molecule has 1 aromatic carbocycles.